The van der Waals surface area contributed by atoms with Crippen LogP contribution in [0.4, 0.5) is 4.79 Å². The van der Waals surface area contributed by atoms with Gasteiger partial charge in [-0.05, 0) is 43.9 Å². The van der Waals surface area contributed by atoms with Crippen LogP contribution in [-0.4, -0.2) is 51.9 Å². The number of aliphatic carboxylic acids is 1. The van der Waals surface area contributed by atoms with Crippen molar-refractivity contribution in [1.29, 1.82) is 0 Å². The van der Waals surface area contributed by atoms with Crippen molar-refractivity contribution in [2.24, 2.45) is 11.3 Å². The van der Waals surface area contributed by atoms with Crippen molar-refractivity contribution in [3.05, 3.63) is 0 Å². The molecule has 1 aliphatic heterocycles. The number of carboxylic acids is 1. The number of hydrogen-bond donors (Lipinski definition) is 3. The Hall–Kier alpha value is -2.12. The van der Waals surface area contributed by atoms with Crippen molar-refractivity contribution >= 4 is 23.8 Å². The number of imide groups is 1. The molecule has 4 amide bonds. The molecule has 1 aliphatic carbocycles. The average molecular weight is 367 g/mol. The zero-order valence-corrected chi connectivity index (χ0v) is 15.9. The van der Waals surface area contributed by atoms with Crippen molar-refractivity contribution in [1.82, 2.24) is 15.5 Å². The van der Waals surface area contributed by atoms with Crippen molar-refractivity contribution in [3.8, 4) is 0 Å². The molecule has 0 aromatic heterocycles. The van der Waals surface area contributed by atoms with Gasteiger partial charge in [0.15, 0.2) is 0 Å². The molecule has 2 fully saturated rings. The number of hydrogen-bond acceptors (Lipinski definition) is 4. The molecule has 1 spiro atoms. The van der Waals surface area contributed by atoms with Crippen LogP contribution in [0.15, 0.2) is 0 Å². The third-order valence-corrected chi connectivity index (χ3v) is 6.15. The summed E-state index contributed by atoms with van der Waals surface area (Å²) in [5, 5.41) is 13.9. The lowest BCUT2D eigenvalue weighted by atomic mass is 9.65. The number of amides is 4. The van der Waals surface area contributed by atoms with E-state index in [9.17, 15) is 19.2 Å². The Morgan fingerprint density at radius 3 is 2.42 bits per heavy atom. The maximum atomic E-state index is 12.8. The molecule has 8 heteroatoms. The van der Waals surface area contributed by atoms with Crippen LogP contribution in [0.5, 0.6) is 0 Å². The highest BCUT2D eigenvalue weighted by atomic mass is 16.4. The van der Waals surface area contributed by atoms with Crippen LogP contribution in [0.25, 0.3) is 0 Å². The van der Waals surface area contributed by atoms with Crippen LogP contribution in [0.1, 0.15) is 59.8 Å². The SMILES string of the molecule is CCC(C)(C)C1CCC2(CC1)NC(=O)N(CC(=O)N[C@@H](C)C(=O)O)C2=O. The second kappa shape index (κ2) is 7.25. The van der Waals surface area contributed by atoms with Gasteiger partial charge in [0.2, 0.25) is 5.91 Å². The Labute approximate surface area is 153 Å². The summed E-state index contributed by atoms with van der Waals surface area (Å²) in [6.07, 6.45) is 3.88. The number of carbonyl (C=O) groups is 4. The minimum Gasteiger partial charge on any atom is -0.480 e. The van der Waals surface area contributed by atoms with Crippen LogP contribution in [-0.2, 0) is 14.4 Å². The highest BCUT2D eigenvalue weighted by Gasteiger charge is 2.53. The van der Waals surface area contributed by atoms with Crippen LogP contribution < -0.4 is 10.6 Å². The van der Waals surface area contributed by atoms with E-state index < -0.39 is 36.0 Å². The van der Waals surface area contributed by atoms with E-state index in [0.717, 1.165) is 24.2 Å². The topological polar surface area (TPSA) is 116 Å². The van der Waals surface area contributed by atoms with E-state index in [2.05, 4.69) is 31.4 Å². The summed E-state index contributed by atoms with van der Waals surface area (Å²) in [7, 11) is 0. The van der Waals surface area contributed by atoms with Crippen molar-refractivity contribution in [2.45, 2.75) is 71.4 Å². The Kier molecular flexibility index (Phi) is 5.63. The number of carboxylic acid groups (broad SMARTS) is 1. The van der Waals surface area contributed by atoms with Crippen LogP contribution >= 0.6 is 0 Å². The van der Waals surface area contributed by atoms with E-state index in [0.29, 0.717) is 18.8 Å². The molecule has 26 heavy (non-hydrogen) atoms. The predicted octanol–water partition coefficient (Wildman–Crippen LogP) is 1.49. The lowest BCUT2D eigenvalue weighted by molar-refractivity contribution is -0.141. The van der Waals surface area contributed by atoms with Crippen molar-refractivity contribution < 1.29 is 24.3 Å². The Morgan fingerprint density at radius 2 is 1.92 bits per heavy atom. The highest BCUT2D eigenvalue weighted by molar-refractivity contribution is 6.09. The van der Waals surface area contributed by atoms with Crippen molar-refractivity contribution in [2.75, 3.05) is 6.54 Å². The maximum absolute atomic E-state index is 12.8. The summed E-state index contributed by atoms with van der Waals surface area (Å²) in [4.78, 5) is 48.7. The lowest BCUT2D eigenvalue weighted by Crippen LogP contribution is -2.51. The van der Waals surface area contributed by atoms with Gasteiger partial charge in [0.1, 0.15) is 18.1 Å². The molecule has 0 unspecified atom stereocenters. The minimum atomic E-state index is -1.18. The third kappa shape index (κ3) is 3.83. The van der Waals surface area contributed by atoms with Gasteiger partial charge in [-0.1, -0.05) is 27.2 Å². The van der Waals surface area contributed by atoms with Gasteiger partial charge in [0.25, 0.3) is 5.91 Å². The van der Waals surface area contributed by atoms with Gasteiger partial charge in [0.05, 0.1) is 0 Å². The lowest BCUT2D eigenvalue weighted by Gasteiger charge is -2.42. The summed E-state index contributed by atoms with van der Waals surface area (Å²) in [5.74, 6) is -1.73. The maximum Gasteiger partial charge on any atom is 0.325 e. The van der Waals surface area contributed by atoms with Gasteiger partial charge in [0, 0.05) is 0 Å². The second-order valence-corrected chi connectivity index (χ2v) is 8.15. The molecule has 0 bridgehead atoms. The van der Waals surface area contributed by atoms with Crippen LogP contribution in [0.2, 0.25) is 0 Å². The number of carbonyl (C=O) groups excluding carboxylic acids is 3. The van der Waals surface area contributed by atoms with Gasteiger partial charge >= 0.3 is 12.0 Å². The third-order valence-electron chi connectivity index (χ3n) is 6.15. The zero-order valence-electron chi connectivity index (χ0n) is 15.9. The van der Waals surface area contributed by atoms with E-state index >= 15 is 0 Å². The molecule has 146 valence electrons. The second-order valence-electron chi connectivity index (χ2n) is 8.15. The predicted molar refractivity (Wildman–Crippen MR) is 94.2 cm³/mol. The van der Waals surface area contributed by atoms with Gasteiger partial charge in [-0.15, -0.1) is 0 Å². The fourth-order valence-corrected chi connectivity index (χ4v) is 3.83. The summed E-state index contributed by atoms with van der Waals surface area (Å²) >= 11 is 0. The molecule has 0 aromatic rings. The van der Waals surface area contributed by atoms with Gasteiger partial charge in [-0.2, -0.15) is 0 Å². The fraction of sp³-hybridized carbons (Fsp3) is 0.778. The summed E-state index contributed by atoms with van der Waals surface area (Å²) in [6.45, 7) is 7.47. The summed E-state index contributed by atoms with van der Waals surface area (Å²) in [6, 6.07) is -1.66. The van der Waals surface area contributed by atoms with Crippen LogP contribution in [0, 0.1) is 11.3 Å². The van der Waals surface area contributed by atoms with E-state index in [1.54, 1.807) is 0 Å². The minimum absolute atomic E-state index is 0.194. The Morgan fingerprint density at radius 1 is 1.35 bits per heavy atom. The first-order valence-corrected chi connectivity index (χ1v) is 9.18. The average Bonchev–Trinajstić information content (AvgIpc) is 2.79. The molecule has 0 aromatic carbocycles. The number of rotatable bonds is 6. The molecule has 2 aliphatic rings. The number of nitrogens with one attached hydrogen (secondary N) is 2. The number of nitrogens with zero attached hydrogens (tertiary/aromatic N) is 1. The molecule has 2 rings (SSSR count). The normalized spacial score (nSPS) is 27.4. The monoisotopic (exact) mass is 367 g/mol. The largest absolute Gasteiger partial charge is 0.480 e. The molecule has 8 nitrogen and oxygen atoms in total. The van der Waals surface area contributed by atoms with E-state index in [1.807, 2.05) is 0 Å². The Balaban J connectivity index is 2.01. The first-order chi connectivity index (χ1) is 12.0. The van der Waals surface area contributed by atoms with Gasteiger partial charge in [-0.25, -0.2) is 4.79 Å². The van der Waals surface area contributed by atoms with E-state index in [-0.39, 0.29) is 11.3 Å². The quantitative estimate of drug-likeness (QED) is 0.615. The van der Waals surface area contributed by atoms with E-state index in [4.69, 9.17) is 5.11 Å². The molecule has 3 N–H and O–H groups in total. The standard InChI is InChI=1S/C18H29N3O5/c1-5-17(3,4)12-6-8-18(9-7-12)15(25)21(16(26)20-18)10-13(22)19-11(2)14(23)24/h11-12H,5-10H2,1-4H3,(H,19,22)(H,20,26)(H,23,24)/t11-,12?,18?/m0/s1. The first-order valence-electron chi connectivity index (χ1n) is 9.18. The van der Waals surface area contributed by atoms with Crippen LogP contribution in [0.3, 0.4) is 0 Å². The fourth-order valence-electron chi connectivity index (χ4n) is 3.83. The smallest absolute Gasteiger partial charge is 0.325 e. The molecule has 1 saturated heterocycles. The highest BCUT2D eigenvalue weighted by Crippen LogP contribution is 2.45. The molecule has 1 heterocycles. The molecule has 0 radical (unpaired) electrons. The summed E-state index contributed by atoms with van der Waals surface area (Å²) in [5.41, 5.74) is -0.726. The number of urea groups is 1. The molecule has 1 atom stereocenters. The molecular formula is C18H29N3O5. The van der Waals surface area contributed by atoms with E-state index in [1.165, 1.54) is 6.92 Å². The van der Waals surface area contributed by atoms with Crippen molar-refractivity contribution in [3.63, 3.8) is 0 Å². The molecule has 1 saturated carbocycles. The Bertz CT molecular complexity index is 608. The molecular weight excluding hydrogens is 338 g/mol. The zero-order chi connectivity index (χ0) is 19.7. The van der Waals surface area contributed by atoms with Gasteiger partial charge < -0.3 is 15.7 Å². The summed E-state index contributed by atoms with van der Waals surface area (Å²) < 4.78 is 0. The first kappa shape index (κ1) is 20.2. The van der Waals surface area contributed by atoms with Gasteiger partial charge in [-0.3, -0.25) is 19.3 Å².